The van der Waals surface area contributed by atoms with Gasteiger partial charge in [0.2, 0.25) is 0 Å². The van der Waals surface area contributed by atoms with E-state index in [1.807, 2.05) is 19.4 Å². The van der Waals surface area contributed by atoms with E-state index < -0.39 is 0 Å². The fourth-order valence-corrected chi connectivity index (χ4v) is 2.87. The molecular weight excluding hydrogens is 294 g/mol. The predicted octanol–water partition coefficient (Wildman–Crippen LogP) is 4.01. The van der Waals surface area contributed by atoms with Crippen LogP contribution in [-0.4, -0.2) is 12.0 Å². The van der Waals surface area contributed by atoms with E-state index in [0.717, 1.165) is 19.6 Å². The van der Waals surface area contributed by atoms with Gasteiger partial charge in [0.25, 0.3) is 0 Å². The fraction of sp³-hybridized carbons (Fsp3) is 0.190. The first-order valence-corrected chi connectivity index (χ1v) is 8.27. The maximum Gasteiger partial charge on any atom is 0.0604 e. The van der Waals surface area contributed by atoms with Crippen LogP contribution in [0.1, 0.15) is 16.7 Å². The van der Waals surface area contributed by atoms with Gasteiger partial charge < -0.3 is 10.2 Å². The molecule has 0 spiro atoms. The monoisotopic (exact) mass is 317 g/mol. The Morgan fingerprint density at radius 1 is 0.833 bits per heavy atom. The Labute approximate surface area is 144 Å². The zero-order chi connectivity index (χ0) is 16.6. The van der Waals surface area contributed by atoms with Gasteiger partial charge >= 0.3 is 0 Å². The van der Waals surface area contributed by atoms with Gasteiger partial charge in [-0.1, -0.05) is 60.7 Å². The summed E-state index contributed by atoms with van der Waals surface area (Å²) < 4.78 is 0. The van der Waals surface area contributed by atoms with Crippen molar-refractivity contribution in [2.75, 3.05) is 11.9 Å². The number of anilines is 1. The molecule has 0 amide bonds. The average molecular weight is 317 g/mol. The maximum atomic E-state index is 4.36. The summed E-state index contributed by atoms with van der Waals surface area (Å²) in [6.45, 7) is 2.55. The minimum Gasteiger partial charge on any atom is -0.361 e. The molecule has 0 aliphatic rings. The maximum absolute atomic E-state index is 4.36. The molecule has 0 saturated carbocycles. The fourth-order valence-electron chi connectivity index (χ4n) is 2.87. The first-order valence-electron chi connectivity index (χ1n) is 8.27. The van der Waals surface area contributed by atoms with Gasteiger partial charge in [0, 0.05) is 25.8 Å². The number of rotatable bonds is 7. The molecule has 0 unspecified atom stereocenters. The lowest BCUT2D eigenvalue weighted by molar-refractivity contribution is 0.764. The molecule has 3 heteroatoms. The van der Waals surface area contributed by atoms with Gasteiger partial charge in [0.05, 0.1) is 11.9 Å². The molecule has 2 aromatic carbocycles. The molecule has 24 heavy (non-hydrogen) atoms. The third-order valence-corrected chi connectivity index (χ3v) is 4.03. The van der Waals surface area contributed by atoms with Crippen molar-refractivity contribution in [2.24, 2.45) is 0 Å². The number of aromatic nitrogens is 1. The summed E-state index contributed by atoms with van der Waals surface area (Å²) in [7, 11) is 1.98. The van der Waals surface area contributed by atoms with E-state index in [4.69, 9.17) is 0 Å². The second-order valence-electron chi connectivity index (χ2n) is 5.86. The van der Waals surface area contributed by atoms with Crippen molar-refractivity contribution in [3.63, 3.8) is 0 Å². The van der Waals surface area contributed by atoms with Crippen LogP contribution in [0.4, 0.5) is 5.69 Å². The van der Waals surface area contributed by atoms with E-state index in [-0.39, 0.29) is 0 Å². The highest BCUT2D eigenvalue weighted by molar-refractivity contribution is 5.52. The molecule has 0 fully saturated rings. The highest BCUT2D eigenvalue weighted by Crippen LogP contribution is 2.23. The van der Waals surface area contributed by atoms with E-state index in [2.05, 4.69) is 81.9 Å². The second kappa shape index (κ2) is 8.27. The van der Waals surface area contributed by atoms with Crippen LogP contribution >= 0.6 is 0 Å². The van der Waals surface area contributed by atoms with E-state index in [1.165, 1.54) is 22.4 Å². The van der Waals surface area contributed by atoms with Crippen molar-refractivity contribution in [1.82, 2.24) is 10.3 Å². The standard InChI is InChI=1S/C21H23N3/c1-22-14-20-12-13-23-15-21(20)24(16-18-8-4-2-5-9-18)17-19-10-6-3-7-11-19/h2-13,15,22H,14,16-17H2,1H3. The van der Waals surface area contributed by atoms with Gasteiger partial charge in [-0.3, -0.25) is 4.98 Å². The van der Waals surface area contributed by atoms with Gasteiger partial charge in [0.1, 0.15) is 0 Å². The molecule has 0 bridgehead atoms. The van der Waals surface area contributed by atoms with Gasteiger partial charge in [0.15, 0.2) is 0 Å². The number of pyridine rings is 1. The summed E-state index contributed by atoms with van der Waals surface area (Å²) in [6, 6.07) is 23.3. The lowest BCUT2D eigenvalue weighted by atomic mass is 10.1. The number of nitrogens with one attached hydrogen (secondary N) is 1. The minimum atomic E-state index is 0.831. The Bertz CT molecular complexity index is 700. The van der Waals surface area contributed by atoms with Crippen LogP contribution in [0.25, 0.3) is 0 Å². The topological polar surface area (TPSA) is 28.2 Å². The van der Waals surface area contributed by atoms with Crippen LogP contribution in [0.2, 0.25) is 0 Å². The van der Waals surface area contributed by atoms with E-state index in [9.17, 15) is 0 Å². The largest absolute Gasteiger partial charge is 0.361 e. The van der Waals surface area contributed by atoms with Crippen molar-refractivity contribution >= 4 is 5.69 Å². The Balaban J connectivity index is 1.92. The molecule has 122 valence electrons. The molecule has 1 N–H and O–H groups in total. The second-order valence-corrected chi connectivity index (χ2v) is 5.86. The molecule has 0 aliphatic carbocycles. The highest BCUT2D eigenvalue weighted by atomic mass is 15.1. The molecule has 0 radical (unpaired) electrons. The lowest BCUT2D eigenvalue weighted by Gasteiger charge is -2.27. The first-order chi connectivity index (χ1) is 11.9. The van der Waals surface area contributed by atoms with Gasteiger partial charge in [-0.25, -0.2) is 0 Å². The molecule has 0 saturated heterocycles. The van der Waals surface area contributed by atoms with Gasteiger partial charge in [-0.15, -0.1) is 0 Å². The Kier molecular flexibility index (Phi) is 5.59. The summed E-state index contributed by atoms with van der Waals surface area (Å²) in [6.07, 6.45) is 3.83. The summed E-state index contributed by atoms with van der Waals surface area (Å²) >= 11 is 0. The normalized spacial score (nSPS) is 10.5. The third-order valence-electron chi connectivity index (χ3n) is 4.03. The average Bonchev–Trinajstić information content (AvgIpc) is 2.64. The highest BCUT2D eigenvalue weighted by Gasteiger charge is 2.12. The van der Waals surface area contributed by atoms with Crippen LogP contribution in [-0.2, 0) is 19.6 Å². The Hall–Kier alpha value is -2.65. The van der Waals surface area contributed by atoms with E-state index in [1.54, 1.807) is 0 Å². The number of nitrogens with zero attached hydrogens (tertiary/aromatic N) is 2. The molecule has 3 aromatic rings. The third kappa shape index (κ3) is 4.21. The van der Waals surface area contributed by atoms with Crippen molar-refractivity contribution in [3.05, 3.63) is 95.8 Å². The Morgan fingerprint density at radius 2 is 1.42 bits per heavy atom. The summed E-state index contributed by atoms with van der Waals surface area (Å²) in [5.41, 5.74) is 5.04. The summed E-state index contributed by atoms with van der Waals surface area (Å²) in [4.78, 5) is 6.76. The van der Waals surface area contributed by atoms with Crippen molar-refractivity contribution in [3.8, 4) is 0 Å². The van der Waals surface area contributed by atoms with E-state index in [0.29, 0.717) is 0 Å². The Morgan fingerprint density at radius 3 is 1.96 bits per heavy atom. The van der Waals surface area contributed by atoms with Crippen molar-refractivity contribution < 1.29 is 0 Å². The van der Waals surface area contributed by atoms with Crippen LogP contribution in [0.15, 0.2) is 79.1 Å². The van der Waals surface area contributed by atoms with Gasteiger partial charge in [-0.05, 0) is 29.8 Å². The van der Waals surface area contributed by atoms with Crippen molar-refractivity contribution in [1.29, 1.82) is 0 Å². The smallest absolute Gasteiger partial charge is 0.0604 e. The predicted molar refractivity (Wildman–Crippen MR) is 99.8 cm³/mol. The van der Waals surface area contributed by atoms with Crippen LogP contribution < -0.4 is 10.2 Å². The summed E-state index contributed by atoms with van der Waals surface area (Å²) in [5.74, 6) is 0. The van der Waals surface area contributed by atoms with Crippen LogP contribution in [0, 0.1) is 0 Å². The van der Waals surface area contributed by atoms with Crippen LogP contribution in [0.3, 0.4) is 0 Å². The molecule has 3 rings (SSSR count). The number of benzene rings is 2. The number of hydrogen-bond acceptors (Lipinski definition) is 3. The molecule has 1 aromatic heterocycles. The molecule has 0 atom stereocenters. The summed E-state index contributed by atoms with van der Waals surface area (Å²) in [5, 5.41) is 3.25. The quantitative estimate of drug-likeness (QED) is 0.714. The number of hydrogen-bond donors (Lipinski definition) is 1. The zero-order valence-corrected chi connectivity index (χ0v) is 14.0. The van der Waals surface area contributed by atoms with Gasteiger partial charge in [-0.2, -0.15) is 0 Å². The molecule has 0 aliphatic heterocycles. The molecular formula is C21H23N3. The minimum absolute atomic E-state index is 0.831. The zero-order valence-electron chi connectivity index (χ0n) is 14.0. The molecule has 1 heterocycles. The van der Waals surface area contributed by atoms with Crippen molar-refractivity contribution in [2.45, 2.75) is 19.6 Å². The lowest BCUT2D eigenvalue weighted by Crippen LogP contribution is -2.24. The van der Waals surface area contributed by atoms with E-state index >= 15 is 0 Å². The van der Waals surface area contributed by atoms with Crippen LogP contribution in [0.5, 0.6) is 0 Å². The SMILES string of the molecule is CNCc1ccncc1N(Cc1ccccc1)Cc1ccccc1. The first kappa shape index (κ1) is 16.2. The molecule has 3 nitrogen and oxygen atoms in total.